The van der Waals surface area contributed by atoms with Crippen molar-refractivity contribution < 1.29 is 0 Å². The second kappa shape index (κ2) is 4.18. The molecule has 3 atom stereocenters. The molecular formula is C15H19Br. The molecular weight excluding hydrogens is 260 g/mol. The molecule has 0 amide bonds. The van der Waals surface area contributed by atoms with E-state index in [1.807, 2.05) is 0 Å². The van der Waals surface area contributed by atoms with Crippen LogP contribution in [0.2, 0.25) is 0 Å². The Morgan fingerprint density at radius 1 is 1.12 bits per heavy atom. The van der Waals surface area contributed by atoms with Gasteiger partial charge in [-0.3, -0.25) is 0 Å². The molecule has 0 saturated heterocycles. The number of alkyl halides is 1. The standard InChI is InChI=1S/C15H19Br/c1-10-2-4-11(5-3-10)6-15(16)14-8-12-7-13(12)9-14/h2-5,12-15H,6-9H2,1H3. The molecule has 0 bridgehead atoms. The Labute approximate surface area is 107 Å². The fourth-order valence-electron chi connectivity index (χ4n) is 3.17. The summed E-state index contributed by atoms with van der Waals surface area (Å²) in [5.41, 5.74) is 2.84. The van der Waals surface area contributed by atoms with Crippen LogP contribution in [-0.2, 0) is 6.42 Å². The largest absolute Gasteiger partial charge is 0.0884 e. The lowest BCUT2D eigenvalue weighted by molar-refractivity contribution is 0.471. The van der Waals surface area contributed by atoms with E-state index in [0.717, 1.165) is 17.8 Å². The highest BCUT2D eigenvalue weighted by Crippen LogP contribution is 2.56. The highest BCUT2D eigenvalue weighted by molar-refractivity contribution is 9.09. The van der Waals surface area contributed by atoms with Crippen LogP contribution in [0.4, 0.5) is 0 Å². The van der Waals surface area contributed by atoms with E-state index in [9.17, 15) is 0 Å². The van der Waals surface area contributed by atoms with E-state index in [2.05, 4.69) is 47.1 Å². The molecule has 86 valence electrons. The maximum atomic E-state index is 3.91. The molecule has 2 aliphatic rings. The monoisotopic (exact) mass is 278 g/mol. The molecule has 2 aliphatic carbocycles. The van der Waals surface area contributed by atoms with Gasteiger partial charge in [0.15, 0.2) is 0 Å². The molecule has 0 aliphatic heterocycles. The fraction of sp³-hybridized carbons (Fsp3) is 0.600. The minimum atomic E-state index is 0.697. The molecule has 0 heterocycles. The summed E-state index contributed by atoms with van der Waals surface area (Å²) < 4.78 is 0. The third kappa shape index (κ3) is 2.20. The van der Waals surface area contributed by atoms with Crippen LogP contribution in [0.3, 0.4) is 0 Å². The molecule has 2 fully saturated rings. The molecule has 0 aromatic heterocycles. The molecule has 1 aromatic rings. The quantitative estimate of drug-likeness (QED) is 0.722. The van der Waals surface area contributed by atoms with Crippen molar-refractivity contribution >= 4 is 15.9 Å². The molecule has 16 heavy (non-hydrogen) atoms. The summed E-state index contributed by atoms with van der Waals surface area (Å²) in [5.74, 6) is 3.14. The number of rotatable bonds is 3. The van der Waals surface area contributed by atoms with Crippen LogP contribution in [0.15, 0.2) is 24.3 Å². The normalized spacial score (nSPS) is 33.5. The first-order valence-electron chi connectivity index (χ1n) is 6.42. The number of hydrogen-bond acceptors (Lipinski definition) is 0. The van der Waals surface area contributed by atoms with Gasteiger partial charge in [-0.25, -0.2) is 0 Å². The molecule has 0 spiro atoms. The van der Waals surface area contributed by atoms with Crippen LogP contribution in [0.5, 0.6) is 0 Å². The molecule has 3 unspecified atom stereocenters. The van der Waals surface area contributed by atoms with E-state index in [4.69, 9.17) is 0 Å². The van der Waals surface area contributed by atoms with Gasteiger partial charge in [0.05, 0.1) is 0 Å². The van der Waals surface area contributed by atoms with E-state index in [1.54, 1.807) is 0 Å². The zero-order valence-electron chi connectivity index (χ0n) is 9.83. The average molecular weight is 279 g/mol. The van der Waals surface area contributed by atoms with Gasteiger partial charge in [-0.1, -0.05) is 45.8 Å². The summed E-state index contributed by atoms with van der Waals surface area (Å²) in [6.07, 6.45) is 5.68. The van der Waals surface area contributed by atoms with E-state index in [0.29, 0.717) is 4.83 Å². The molecule has 1 heteroatoms. The third-order valence-electron chi connectivity index (χ3n) is 4.34. The Bertz CT molecular complexity index is 358. The minimum absolute atomic E-state index is 0.697. The molecule has 0 N–H and O–H groups in total. The Kier molecular flexibility index (Phi) is 2.83. The third-order valence-corrected chi connectivity index (χ3v) is 5.41. The summed E-state index contributed by atoms with van der Waals surface area (Å²) >= 11 is 3.91. The molecule has 3 rings (SSSR count). The van der Waals surface area contributed by atoms with Crippen molar-refractivity contribution in [3.05, 3.63) is 35.4 Å². The second-order valence-corrected chi connectivity index (χ2v) is 6.87. The van der Waals surface area contributed by atoms with Crippen molar-refractivity contribution in [2.24, 2.45) is 17.8 Å². The summed E-state index contributed by atoms with van der Waals surface area (Å²) in [6, 6.07) is 9.00. The predicted octanol–water partition coefficient (Wildman–Crippen LogP) is 4.35. The first-order valence-corrected chi connectivity index (χ1v) is 7.33. The summed E-state index contributed by atoms with van der Waals surface area (Å²) in [4.78, 5) is 0.697. The highest BCUT2D eigenvalue weighted by Gasteiger charge is 2.47. The van der Waals surface area contributed by atoms with Crippen molar-refractivity contribution in [3.63, 3.8) is 0 Å². The Morgan fingerprint density at radius 3 is 2.38 bits per heavy atom. The lowest BCUT2D eigenvalue weighted by atomic mass is 9.95. The van der Waals surface area contributed by atoms with E-state index in [1.165, 1.54) is 36.8 Å². The van der Waals surface area contributed by atoms with Gasteiger partial charge in [-0.2, -0.15) is 0 Å². The minimum Gasteiger partial charge on any atom is -0.0884 e. The number of halogens is 1. The fourth-order valence-corrected chi connectivity index (χ4v) is 3.98. The van der Waals surface area contributed by atoms with Gasteiger partial charge in [-0.05, 0) is 55.9 Å². The van der Waals surface area contributed by atoms with Gasteiger partial charge >= 0.3 is 0 Å². The van der Waals surface area contributed by atoms with Gasteiger partial charge < -0.3 is 0 Å². The van der Waals surface area contributed by atoms with Crippen LogP contribution in [0.1, 0.15) is 30.4 Å². The van der Waals surface area contributed by atoms with E-state index >= 15 is 0 Å². The zero-order valence-corrected chi connectivity index (χ0v) is 11.4. The van der Waals surface area contributed by atoms with Crippen LogP contribution >= 0.6 is 15.9 Å². The van der Waals surface area contributed by atoms with Crippen molar-refractivity contribution in [3.8, 4) is 0 Å². The summed E-state index contributed by atoms with van der Waals surface area (Å²) in [5, 5.41) is 0. The summed E-state index contributed by atoms with van der Waals surface area (Å²) in [6.45, 7) is 2.15. The topological polar surface area (TPSA) is 0 Å². The maximum Gasteiger partial charge on any atom is 0.0214 e. The Morgan fingerprint density at radius 2 is 1.75 bits per heavy atom. The number of benzene rings is 1. The van der Waals surface area contributed by atoms with E-state index in [-0.39, 0.29) is 0 Å². The Balaban J connectivity index is 1.59. The van der Waals surface area contributed by atoms with Gasteiger partial charge in [0, 0.05) is 4.83 Å². The molecule has 2 saturated carbocycles. The van der Waals surface area contributed by atoms with Crippen molar-refractivity contribution in [1.82, 2.24) is 0 Å². The second-order valence-electron chi connectivity index (χ2n) is 5.69. The van der Waals surface area contributed by atoms with Crippen molar-refractivity contribution in [1.29, 1.82) is 0 Å². The van der Waals surface area contributed by atoms with Crippen molar-refractivity contribution in [2.45, 2.75) is 37.4 Å². The lowest BCUT2D eigenvalue weighted by Gasteiger charge is -2.19. The van der Waals surface area contributed by atoms with Gasteiger partial charge in [0.25, 0.3) is 0 Å². The molecule has 1 aromatic carbocycles. The van der Waals surface area contributed by atoms with Gasteiger partial charge in [0.1, 0.15) is 0 Å². The number of hydrogen-bond donors (Lipinski definition) is 0. The Hall–Kier alpha value is -0.300. The molecule has 0 nitrogen and oxygen atoms in total. The maximum absolute atomic E-state index is 3.91. The number of aryl methyl sites for hydroxylation is 1. The van der Waals surface area contributed by atoms with Crippen LogP contribution in [0, 0.1) is 24.7 Å². The lowest BCUT2D eigenvalue weighted by Crippen LogP contribution is -2.15. The highest BCUT2D eigenvalue weighted by atomic mass is 79.9. The summed E-state index contributed by atoms with van der Waals surface area (Å²) in [7, 11) is 0. The predicted molar refractivity (Wildman–Crippen MR) is 71.9 cm³/mol. The average Bonchev–Trinajstić information content (AvgIpc) is 2.89. The van der Waals surface area contributed by atoms with Crippen LogP contribution < -0.4 is 0 Å². The first kappa shape index (κ1) is 10.8. The molecule has 0 radical (unpaired) electrons. The first-order chi connectivity index (χ1) is 7.72. The van der Waals surface area contributed by atoms with Crippen molar-refractivity contribution in [2.75, 3.05) is 0 Å². The SMILES string of the molecule is Cc1ccc(CC(Br)C2CC3CC3C2)cc1. The van der Waals surface area contributed by atoms with Gasteiger partial charge in [0.2, 0.25) is 0 Å². The van der Waals surface area contributed by atoms with Crippen LogP contribution in [-0.4, -0.2) is 4.83 Å². The van der Waals surface area contributed by atoms with Gasteiger partial charge in [-0.15, -0.1) is 0 Å². The van der Waals surface area contributed by atoms with Crippen LogP contribution in [0.25, 0.3) is 0 Å². The van der Waals surface area contributed by atoms with E-state index < -0.39 is 0 Å². The number of fused-ring (bicyclic) bond motifs is 1. The zero-order chi connectivity index (χ0) is 11.1. The smallest absolute Gasteiger partial charge is 0.0214 e.